The molecule has 0 fully saturated rings. The summed E-state index contributed by atoms with van der Waals surface area (Å²) in [4.78, 5) is 37.6. The zero-order chi connectivity index (χ0) is 18.1. The summed E-state index contributed by atoms with van der Waals surface area (Å²) in [6.07, 6.45) is 1.06. The fourth-order valence-electron chi connectivity index (χ4n) is 2.65. The van der Waals surface area contributed by atoms with Crippen LogP contribution in [0.2, 0.25) is 0 Å². The molecule has 0 N–H and O–H groups in total. The van der Waals surface area contributed by atoms with Crippen molar-refractivity contribution < 1.29 is 18.5 Å². The second-order valence-corrected chi connectivity index (χ2v) is 5.59. The minimum atomic E-state index is -0.784. The molecule has 6 heteroatoms. The minimum absolute atomic E-state index is 0.0820. The lowest BCUT2D eigenvalue weighted by Crippen LogP contribution is -2.17. The molecule has 0 radical (unpaired) electrons. The van der Waals surface area contributed by atoms with Crippen LogP contribution in [0.5, 0.6) is 0 Å². The molecule has 0 aliphatic carbocycles. The van der Waals surface area contributed by atoms with Gasteiger partial charge >= 0.3 is 5.63 Å². The van der Waals surface area contributed by atoms with Crippen LogP contribution in [-0.2, 0) is 0 Å². The Kier molecular flexibility index (Phi) is 3.78. The zero-order valence-corrected chi connectivity index (χ0v) is 13.3. The van der Waals surface area contributed by atoms with Crippen LogP contribution >= 0.6 is 0 Å². The fourth-order valence-corrected chi connectivity index (χ4v) is 2.65. The molecule has 0 unspecified atom stereocenters. The number of benzene rings is 2. The number of ketones is 2. The van der Waals surface area contributed by atoms with E-state index in [9.17, 15) is 14.4 Å². The van der Waals surface area contributed by atoms with Crippen molar-refractivity contribution in [1.82, 2.24) is 5.16 Å². The van der Waals surface area contributed by atoms with Gasteiger partial charge in [0.15, 0.2) is 5.69 Å². The summed E-state index contributed by atoms with van der Waals surface area (Å²) in [5.41, 5.74) is -0.460. The molecule has 4 aromatic rings. The molecular formula is C20H11NO5. The highest BCUT2D eigenvalue weighted by molar-refractivity contribution is 6.18. The van der Waals surface area contributed by atoms with Crippen molar-refractivity contribution in [2.45, 2.75) is 0 Å². The van der Waals surface area contributed by atoms with Gasteiger partial charge in [-0.25, -0.2) is 4.79 Å². The molecule has 0 spiro atoms. The second kappa shape index (κ2) is 6.25. The first-order valence-electron chi connectivity index (χ1n) is 7.77. The molecule has 0 amide bonds. The van der Waals surface area contributed by atoms with E-state index in [4.69, 9.17) is 8.94 Å². The lowest BCUT2D eigenvalue weighted by Gasteiger charge is -2.02. The summed E-state index contributed by atoms with van der Waals surface area (Å²) in [6.45, 7) is 0. The van der Waals surface area contributed by atoms with Gasteiger partial charge in [-0.05, 0) is 12.1 Å². The van der Waals surface area contributed by atoms with Crippen LogP contribution in [-0.4, -0.2) is 16.7 Å². The average Bonchev–Trinajstić information content (AvgIpc) is 3.17. The maximum atomic E-state index is 12.8. The smallest absolute Gasteiger partial charge is 0.347 e. The van der Waals surface area contributed by atoms with Crippen molar-refractivity contribution in [3.63, 3.8) is 0 Å². The van der Waals surface area contributed by atoms with E-state index >= 15 is 0 Å². The quantitative estimate of drug-likeness (QED) is 0.416. The van der Waals surface area contributed by atoms with E-state index in [0.717, 1.165) is 6.26 Å². The predicted octanol–water partition coefficient (Wildman–Crippen LogP) is 3.24. The summed E-state index contributed by atoms with van der Waals surface area (Å²) in [6, 6.07) is 16.7. The van der Waals surface area contributed by atoms with Crippen LogP contribution in [0, 0.1) is 0 Å². The molecule has 6 nitrogen and oxygen atoms in total. The van der Waals surface area contributed by atoms with Gasteiger partial charge in [-0.15, -0.1) is 0 Å². The van der Waals surface area contributed by atoms with Gasteiger partial charge in [0.1, 0.15) is 17.4 Å². The molecule has 0 atom stereocenters. The number of fused-ring (bicyclic) bond motifs is 1. The molecule has 26 heavy (non-hydrogen) atoms. The summed E-state index contributed by atoms with van der Waals surface area (Å²) in [5.74, 6) is -1.14. The summed E-state index contributed by atoms with van der Waals surface area (Å²) in [7, 11) is 0. The Balaban J connectivity index is 1.79. The number of rotatable bonds is 4. The highest BCUT2D eigenvalue weighted by Gasteiger charge is 2.26. The number of para-hydroxylation sites is 1. The van der Waals surface area contributed by atoms with Gasteiger partial charge in [0.25, 0.3) is 0 Å². The number of carbonyl (C=O) groups excluding carboxylic acids is 2. The Bertz CT molecular complexity index is 1190. The van der Waals surface area contributed by atoms with Gasteiger partial charge in [-0.3, -0.25) is 9.59 Å². The maximum absolute atomic E-state index is 12.8. The maximum Gasteiger partial charge on any atom is 0.347 e. The van der Waals surface area contributed by atoms with E-state index in [1.807, 2.05) is 0 Å². The molecule has 0 saturated carbocycles. The first-order chi connectivity index (χ1) is 12.6. The van der Waals surface area contributed by atoms with Gasteiger partial charge in [-0.2, -0.15) is 0 Å². The summed E-state index contributed by atoms with van der Waals surface area (Å²) >= 11 is 0. The lowest BCUT2D eigenvalue weighted by atomic mass is 10.00. The fraction of sp³-hybridized carbons (Fsp3) is 0. The number of carbonyl (C=O) groups is 2. The third-order valence-electron chi connectivity index (χ3n) is 3.95. The molecule has 0 aliphatic heterocycles. The van der Waals surface area contributed by atoms with E-state index in [1.165, 1.54) is 6.07 Å². The Morgan fingerprint density at radius 1 is 0.846 bits per heavy atom. The molecule has 2 heterocycles. The third kappa shape index (κ3) is 2.63. The molecule has 126 valence electrons. The second-order valence-electron chi connectivity index (χ2n) is 5.59. The first-order valence-corrected chi connectivity index (χ1v) is 7.77. The number of hydrogen-bond acceptors (Lipinski definition) is 6. The van der Waals surface area contributed by atoms with Crippen LogP contribution in [0.15, 0.2) is 80.7 Å². The van der Waals surface area contributed by atoms with Crippen molar-refractivity contribution in [3.8, 4) is 0 Å². The molecule has 4 rings (SSSR count). The van der Waals surface area contributed by atoms with E-state index in [2.05, 4.69) is 5.16 Å². The molecule has 0 aliphatic rings. The standard InChI is InChI=1S/C20H11NO5/c22-18(12-6-2-1-3-7-12)17-15(11-25-21-17)19(23)14-10-13-8-4-5-9-16(13)26-20(14)24/h1-11H. The van der Waals surface area contributed by atoms with E-state index in [0.29, 0.717) is 16.5 Å². The van der Waals surface area contributed by atoms with Gasteiger partial charge in [-0.1, -0.05) is 53.7 Å². The van der Waals surface area contributed by atoms with Crippen molar-refractivity contribution in [2.75, 3.05) is 0 Å². The normalized spacial score (nSPS) is 10.8. The van der Waals surface area contributed by atoms with E-state index < -0.39 is 17.2 Å². The van der Waals surface area contributed by atoms with Crippen LogP contribution in [0.1, 0.15) is 32.0 Å². The summed E-state index contributed by atoms with van der Waals surface area (Å²) < 4.78 is 10.0. The van der Waals surface area contributed by atoms with Crippen molar-refractivity contribution in [1.29, 1.82) is 0 Å². The van der Waals surface area contributed by atoms with Gasteiger partial charge in [0.2, 0.25) is 11.6 Å². The third-order valence-corrected chi connectivity index (χ3v) is 3.95. The van der Waals surface area contributed by atoms with E-state index in [-0.39, 0.29) is 16.8 Å². The van der Waals surface area contributed by atoms with Crippen LogP contribution < -0.4 is 5.63 Å². The number of hydrogen-bond donors (Lipinski definition) is 0. The molecule has 2 aromatic heterocycles. The van der Waals surface area contributed by atoms with Crippen LogP contribution in [0.3, 0.4) is 0 Å². The van der Waals surface area contributed by atoms with Gasteiger partial charge in [0.05, 0.1) is 5.56 Å². The van der Waals surface area contributed by atoms with Crippen molar-refractivity contribution in [3.05, 3.63) is 99.7 Å². The monoisotopic (exact) mass is 345 g/mol. The van der Waals surface area contributed by atoms with E-state index in [1.54, 1.807) is 54.6 Å². The lowest BCUT2D eigenvalue weighted by molar-refractivity contribution is 0.0998. The van der Waals surface area contributed by atoms with Crippen LogP contribution in [0.25, 0.3) is 11.0 Å². The molecule has 0 saturated heterocycles. The van der Waals surface area contributed by atoms with Gasteiger partial charge in [0, 0.05) is 10.9 Å². The predicted molar refractivity (Wildman–Crippen MR) is 92.3 cm³/mol. The number of nitrogens with zero attached hydrogens (tertiary/aromatic N) is 1. The summed E-state index contributed by atoms with van der Waals surface area (Å²) in [5, 5.41) is 4.25. The Morgan fingerprint density at radius 3 is 2.38 bits per heavy atom. The number of aromatic nitrogens is 1. The Labute approximate surface area is 146 Å². The highest BCUT2D eigenvalue weighted by atomic mass is 16.5. The Morgan fingerprint density at radius 2 is 1.58 bits per heavy atom. The first kappa shape index (κ1) is 15.7. The topological polar surface area (TPSA) is 90.4 Å². The van der Waals surface area contributed by atoms with Crippen molar-refractivity contribution >= 4 is 22.5 Å². The molecular weight excluding hydrogens is 334 g/mol. The molecule has 0 bridgehead atoms. The van der Waals surface area contributed by atoms with Crippen LogP contribution in [0.4, 0.5) is 0 Å². The highest BCUT2D eigenvalue weighted by Crippen LogP contribution is 2.19. The largest absolute Gasteiger partial charge is 0.422 e. The Hall–Kier alpha value is -3.80. The minimum Gasteiger partial charge on any atom is -0.422 e. The van der Waals surface area contributed by atoms with Crippen molar-refractivity contribution in [2.24, 2.45) is 0 Å². The SMILES string of the molecule is O=C(c1ccccc1)c1nocc1C(=O)c1cc2ccccc2oc1=O. The zero-order valence-electron chi connectivity index (χ0n) is 13.3. The average molecular weight is 345 g/mol. The van der Waals surface area contributed by atoms with Gasteiger partial charge < -0.3 is 8.94 Å². The molecule has 2 aromatic carbocycles.